The van der Waals surface area contributed by atoms with Crippen LogP contribution in [0.4, 0.5) is 0 Å². The monoisotopic (exact) mass is 790 g/mol. The Morgan fingerprint density at radius 3 is 1.08 bits per heavy atom. The molecule has 0 N–H and O–H groups in total. The summed E-state index contributed by atoms with van der Waals surface area (Å²) in [5, 5.41) is 12.8. The van der Waals surface area contributed by atoms with Gasteiger partial charge in [0.2, 0.25) is 0 Å². The Hall–Kier alpha value is -7.42. The van der Waals surface area contributed by atoms with Crippen LogP contribution in [-0.2, 0) is 10.8 Å². The molecule has 0 aliphatic heterocycles. The largest absolute Gasteiger partial charge is 0.309 e. The summed E-state index contributed by atoms with van der Waals surface area (Å²) in [7, 11) is 0. The molecule has 14 rings (SSSR count). The third-order valence-electron chi connectivity index (χ3n) is 15.1. The molecule has 2 heteroatoms. The Balaban J connectivity index is 0.994. The van der Waals surface area contributed by atoms with E-state index in [0.29, 0.717) is 0 Å². The van der Waals surface area contributed by atoms with Gasteiger partial charge >= 0.3 is 0 Å². The van der Waals surface area contributed by atoms with Gasteiger partial charge in [-0.2, -0.15) is 0 Å². The molecule has 12 aromatic rings. The summed E-state index contributed by atoms with van der Waals surface area (Å²) in [6, 6.07) is 69.0. The van der Waals surface area contributed by atoms with Crippen LogP contribution in [-0.4, -0.2) is 9.13 Å². The van der Waals surface area contributed by atoms with Crippen molar-refractivity contribution in [3.63, 3.8) is 0 Å². The topological polar surface area (TPSA) is 9.86 Å². The van der Waals surface area contributed by atoms with Crippen LogP contribution in [0.1, 0.15) is 49.9 Å². The molecule has 0 saturated heterocycles. The number of aromatic nitrogens is 2. The number of fused-ring (bicyclic) bond motifs is 18. The highest BCUT2D eigenvalue weighted by Crippen LogP contribution is 2.53. The van der Waals surface area contributed by atoms with Crippen molar-refractivity contribution < 1.29 is 0 Å². The molecule has 2 nitrogen and oxygen atoms in total. The Kier molecular flexibility index (Phi) is 6.47. The molecule has 0 saturated carbocycles. The minimum Gasteiger partial charge on any atom is -0.309 e. The van der Waals surface area contributed by atoms with Gasteiger partial charge in [0.05, 0.1) is 22.1 Å². The molecule has 2 aromatic heterocycles. The summed E-state index contributed by atoms with van der Waals surface area (Å²) < 4.78 is 5.01. The first-order valence-corrected chi connectivity index (χ1v) is 22.0. The van der Waals surface area contributed by atoms with E-state index in [0.717, 1.165) is 0 Å². The Morgan fingerprint density at radius 1 is 0.258 bits per heavy atom. The normalized spacial score (nSPS) is 14.7. The first-order valence-electron chi connectivity index (χ1n) is 22.0. The first-order chi connectivity index (χ1) is 30.3. The molecule has 292 valence electrons. The van der Waals surface area contributed by atoms with Crippen LogP contribution in [0.25, 0.3) is 110 Å². The lowest BCUT2D eigenvalue weighted by molar-refractivity contribution is 0.661. The van der Waals surface area contributed by atoms with E-state index in [1.54, 1.807) is 0 Å². The van der Waals surface area contributed by atoms with Crippen LogP contribution in [0.2, 0.25) is 0 Å². The predicted octanol–water partition coefficient (Wildman–Crippen LogP) is 16.0. The maximum absolute atomic E-state index is 2.50. The summed E-state index contributed by atoms with van der Waals surface area (Å²) in [4.78, 5) is 0. The zero-order valence-electron chi connectivity index (χ0n) is 35.2. The molecule has 2 aliphatic carbocycles. The molecule has 0 fully saturated rings. The third kappa shape index (κ3) is 4.24. The quantitative estimate of drug-likeness (QED) is 0.154. The van der Waals surface area contributed by atoms with Gasteiger partial charge in [0.1, 0.15) is 0 Å². The second-order valence-corrected chi connectivity index (χ2v) is 18.9. The Bertz CT molecular complexity index is 3700. The van der Waals surface area contributed by atoms with Gasteiger partial charge in [-0.05, 0) is 137 Å². The molecule has 62 heavy (non-hydrogen) atoms. The molecule has 0 spiro atoms. The summed E-state index contributed by atoms with van der Waals surface area (Å²) >= 11 is 0. The van der Waals surface area contributed by atoms with Crippen molar-refractivity contribution in [2.24, 2.45) is 0 Å². The van der Waals surface area contributed by atoms with Crippen LogP contribution < -0.4 is 0 Å². The molecule has 0 radical (unpaired) electrons. The summed E-state index contributed by atoms with van der Waals surface area (Å²) in [5.41, 5.74) is 18.2. The van der Waals surface area contributed by atoms with Gasteiger partial charge in [-0.25, -0.2) is 0 Å². The molecule has 0 unspecified atom stereocenters. The van der Waals surface area contributed by atoms with E-state index in [4.69, 9.17) is 0 Å². The van der Waals surface area contributed by atoms with Gasteiger partial charge in [-0.15, -0.1) is 0 Å². The van der Waals surface area contributed by atoms with Crippen LogP contribution in [0.5, 0.6) is 0 Å². The Morgan fingerprint density at radius 2 is 0.629 bits per heavy atom. The van der Waals surface area contributed by atoms with E-state index in [1.807, 2.05) is 0 Å². The molecule has 2 aliphatic rings. The van der Waals surface area contributed by atoms with Gasteiger partial charge < -0.3 is 9.13 Å². The fourth-order valence-corrected chi connectivity index (χ4v) is 12.1. The van der Waals surface area contributed by atoms with Crippen molar-refractivity contribution in [2.45, 2.75) is 38.5 Å². The van der Waals surface area contributed by atoms with Gasteiger partial charge in [-0.3, -0.25) is 0 Å². The van der Waals surface area contributed by atoms with E-state index in [2.05, 4.69) is 219 Å². The molecular weight excluding hydrogens is 749 g/mol. The van der Waals surface area contributed by atoms with Crippen LogP contribution >= 0.6 is 0 Å². The zero-order valence-corrected chi connectivity index (χ0v) is 35.2. The lowest BCUT2D eigenvalue weighted by Crippen LogP contribution is -2.15. The second kappa shape index (κ2) is 11.7. The molecule has 0 amide bonds. The first kappa shape index (κ1) is 34.3. The number of para-hydroxylation sites is 2. The smallest absolute Gasteiger partial charge is 0.0544 e. The molecule has 10 aromatic carbocycles. The SMILES string of the molecule is CC1(C)c2ccccc2-c2cc3c4ccccc4n(-c4ccc5c6ccc(-n7c8ccccc8c8cc9c(cc87)C(C)(C)c7ccccc7-9)cc6c6ccccc6c5c4)c3cc21. The number of rotatable bonds is 2. The maximum atomic E-state index is 2.50. The highest BCUT2D eigenvalue weighted by molar-refractivity contribution is 6.26. The highest BCUT2D eigenvalue weighted by atomic mass is 15.0. The minimum absolute atomic E-state index is 0.0829. The highest BCUT2D eigenvalue weighted by Gasteiger charge is 2.37. The van der Waals surface area contributed by atoms with Crippen molar-refractivity contribution >= 4 is 75.9 Å². The number of benzene rings is 10. The molecular formula is C60H42N2. The minimum atomic E-state index is -0.0829. The van der Waals surface area contributed by atoms with Gasteiger partial charge in [0.15, 0.2) is 0 Å². The average molecular weight is 791 g/mol. The summed E-state index contributed by atoms with van der Waals surface area (Å²) in [5.74, 6) is 0. The van der Waals surface area contributed by atoms with Crippen molar-refractivity contribution in [1.82, 2.24) is 9.13 Å². The van der Waals surface area contributed by atoms with Gasteiger partial charge in [-0.1, -0.05) is 149 Å². The fraction of sp³-hybridized carbons (Fsp3) is 0.100. The molecule has 0 bridgehead atoms. The van der Waals surface area contributed by atoms with Gasteiger partial charge in [0, 0.05) is 43.7 Å². The molecule has 0 atom stereocenters. The van der Waals surface area contributed by atoms with Crippen molar-refractivity contribution in [1.29, 1.82) is 0 Å². The van der Waals surface area contributed by atoms with E-state index in [9.17, 15) is 0 Å². The van der Waals surface area contributed by atoms with Crippen LogP contribution in [0.15, 0.2) is 182 Å². The average Bonchev–Trinajstić information content (AvgIpc) is 3.96. The van der Waals surface area contributed by atoms with Crippen LogP contribution in [0.3, 0.4) is 0 Å². The summed E-state index contributed by atoms with van der Waals surface area (Å²) in [6.45, 7) is 9.51. The Labute approximate surface area is 359 Å². The van der Waals surface area contributed by atoms with Crippen molar-refractivity contribution in [3.8, 4) is 33.6 Å². The van der Waals surface area contributed by atoms with Gasteiger partial charge in [0.25, 0.3) is 0 Å². The fourth-order valence-electron chi connectivity index (χ4n) is 12.1. The summed E-state index contributed by atoms with van der Waals surface area (Å²) in [6.07, 6.45) is 0. The van der Waals surface area contributed by atoms with Crippen molar-refractivity contribution in [2.75, 3.05) is 0 Å². The lowest BCUT2D eigenvalue weighted by atomic mass is 9.82. The second-order valence-electron chi connectivity index (χ2n) is 18.9. The third-order valence-corrected chi connectivity index (χ3v) is 15.1. The maximum Gasteiger partial charge on any atom is 0.0544 e. The van der Waals surface area contributed by atoms with Crippen LogP contribution in [0, 0.1) is 0 Å². The van der Waals surface area contributed by atoms with E-state index >= 15 is 0 Å². The zero-order chi connectivity index (χ0) is 41.2. The van der Waals surface area contributed by atoms with Crippen molar-refractivity contribution in [3.05, 3.63) is 204 Å². The lowest BCUT2D eigenvalue weighted by Gasteiger charge is -2.22. The number of nitrogens with zero attached hydrogens (tertiary/aromatic N) is 2. The number of hydrogen-bond donors (Lipinski definition) is 0. The predicted molar refractivity (Wildman–Crippen MR) is 263 cm³/mol. The standard InChI is InChI=1S/C60H42N2/c1-59(2)51-21-11-7-17-41(51)47-31-49-43-19-9-13-23-55(43)61(57(49)33-53(47)59)35-25-27-39-40-28-26-36(30-46(40)38-16-6-5-15-37(38)45(39)29-35)62-56-24-14-10-20-44(56)50-32-48-42-18-8-12-22-52(42)60(3,4)54(48)34-58(50)62/h5-34H,1-4H3. The van der Waals surface area contributed by atoms with E-state index in [1.165, 1.54) is 132 Å². The van der Waals surface area contributed by atoms with E-state index < -0.39 is 0 Å². The molecule has 2 heterocycles. The number of hydrogen-bond acceptors (Lipinski definition) is 0. The van der Waals surface area contributed by atoms with E-state index in [-0.39, 0.29) is 10.8 Å².